The fourth-order valence-electron chi connectivity index (χ4n) is 6.05. The van der Waals surface area contributed by atoms with Crippen LogP contribution in [0.15, 0.2) is 11.0 Å². The van der Waals surface area contributed by atoms with E-state index >= 15 is 0 Å². The predicted molar refractivity (Wildman–Crippen MR) is 101 cm³/mol. The third kappa shape index (κ3) is 3.05. The number of aliphatic carboxylic acids is 1. The normalized spacial score (nSPS) is 34.0. The Labute approximate surface area is 163 Å². The van der Waals surface area contributed by atoms with Gasteiger partial charge in [0.15, 0.2) is 0 Å². The molecule has 1 aromatic rings. The number of aromatic nitrogens is 2. The lowest BCUT2D eigenvalue weighted by Crippen LogP contribution is -2.63. The van der Waals surface area contributed by atoms with Crippen molar-refractivity contribution in [3.63, 3.8) is 0 Å². The standard InChI is InChI=1S/C19H26ClN3O4/c1-27-4-2-3-21-14-10-22-23(17(24)16(14)20)19-8-11-5-12(9-19)7-13(6-11)15(19)18(25)26/h10-13,15,21H,2-9H2,1H3,(H,25,26)/t11-,12+,13?,15-,19?/m1/s1. The number of ether oxygens (including phenoxy) is 1. The maximum absolute atomic E-state index is 13.1. The first kappa shape index (κ1) is 18.7. The minimum absolute atomic E-state index is 0.0855. The molecule has 1 heterocycles. The van der Waals surface area contributed by atoms with E-state index in [0.29, 0.717) is 43.5 Å². The second kappa shape index (κ2) is 7.09. The van der Waals surface area contributed by atoms with Gasteiger partial charge in [-0.15, -0.1) is 0 Å². The first-order valence-corrected chi connectivity index (χ1v) is 10.1. The molecule has 5 rings (SSSR count). The Morgan fingerprint density at radius 3 is 2.74 bits per heavy atom. The highest BCUT2D eigenvalue weighted by Crippen LogP contribution is 2.61. The molecular weight excluding hydrogens is 370 g/mol. The highest BCUT2D eigenvalue weighted by molar-refractivity contribution is 6.32. The summed E-state index contributed by atoms with van der Waals surface area (Å²) in [5.41, 5.74) is -0.636. The minimum Gasteiger partial charge on any atom is -0.481 e. The summed E-state index contributed by atoms with van der Waals surface area (Å²) in [5.74, 6) is -0.277. The molecule has 0 aliphatic heterocycles. The molecule has 4 aliphatic carbocycles. The summed E-state index contributed by atoms with van der Waals surface area (Å²) in [6.07, 6.45) is 6.82. The molecule has 1 aromatic heterocycles. The van der Waals surface area contributed by atoms with Crippen molar-refractivity contribution in [1.29, 1.82) is 0 Å². The summed E-state index contributed by atoms with van der Waals surface area (Å²) >= 11 is 6.36. The van der Waals surface area contributed by atoms with Crippen molar-refractivity contribution < 1.29 is 14.6 Å². The largest absolute Gasteiger partial charge is 0.481 e. The molecule has 4 bridgehead atoms. The Morgan fingerprint density at radius 1 is 1.41 bits per heavy atom. The van der Waals surface area contributed by atoms with Gasteiger partial charge >= 0.3 is 5.97 Å². The van der Waals surface area contributed by atoms with E-state index in [9.17, 15) is 14.7 Å². The minimum atomic E-state index is -0.814. The molecule has 27 heavy (non-hydrogen) atoms. The zero-order chi connectivity index (χ0) is 19.2. The van der Waals surface area contributed by atoms with E-state index in [1.165, 1.54) is 4.68 Å². The molecule has 0 aromatic carbocycles. The topological polar surface area (TPSA) is 93.4 Å². The van der Waals surface area contributed by atoms with Crippen molar-refractivity contribution in [2.75, 3.05) is 25.6 Å². The average Bonchev–Trinajstić information content (AvgIpc) is 2.60. The van der Waals surface area contributed by atoms with Crippen LogP contribution in [-0.4, -0.2) is 41.1 Å². The maximum atomic E-state index is 13.1. The number of carbonyl (C=O) groups is 1. The molecule has 0 radical (unpaired) electrons. The molecule has 4 aliphatic rings. The van der Waals surface area contributed by atoms with Crippen molar-refractivity contribution in [2.45, 2.75) is 44.1 Å². The molecule has 4 saturated carbocycles. The smallest absolute Gasteiger partial charge is 0.309 e. The third-order valence-corrected chi connectivity index (χ3v) is 7.09. The first-order valence-electron chi connectivity index (χ1n) is 9.70. The van der Waals surface area contributed by atoms with Gasteiger partial charge in [-0.1, -0.05) is 11.6 Å². The van der Waals surface area contributed by atoms with Crippen LogP contribution in [0.4, 0.5) is 5.69 Å². The zero-order valence-electron chi connectivity index (χ0n) is 15.5. The van der Waals surface area contributed by atoms with Crippen LogP contribution in [-0.2, 0) is 15.1 Å². The lowest BCUT2D eigenvalue weighted by atomic mass is 9.48. The van der Waals surface area contributed by atoms with Crippen LogP contribution in [0.5, 0.6) is 0 Å². The van der Waals surface area contributed by atoms with E-state index < -0.39 is 17.4 Å². The van der Waals surface area contributed by atoms with Crippen LogP contribution in [0.1, 0.15) is 38.5 Å². The summed E-state index contributed by atoms with van der Waals surface area (Å²) in [7, 11) is 1.64. The van der Waals surface area contributed by atoms with Gasteiger partial charge in [0, 0.05) is 20.3 Å². The molecular formula is C19H26ClN3O4. The molecule has 2 N–H and O–H groups in total. The zero-order valence-corrected chi connectivity index (χ0v) is 16.2. The highest BCUT2D eigenvalue weighted by atomic mass is 35.5. The summed E-state index contributed by atoms with van der Waals surface area (Å²) in [5, 5.41) is 17.6. The van der Waals surface area contributed by atoms with Crippen LogP contribution >= 0.6 is 11.6 Å². The fourth-order valence-corrected chi connectivity index (χ4v) is 6.24. The van der Waals surface area contributed by atoms with Gasteiger partial charge < -0.3 is 15.2 Å². The summed E-state index contributed by atoms with van der Waals surface area (Å²) in [4.78, 5) is 25.2. The monoisotopic (exact) mass is 395 g/mol. The SMILES string of the molecule is COCCCNc1cnn(C23C[C@@H]4CC(C[C@@H](C4)C2)[C@@H]3C(=O)O)c(=O)c1Cl. The second-order valence-electron chi connectivity index (χ2n) is 8.39. The Balaban J connectivity index is 1.68. The van der Waals surface area contributed by atoms with Crippen LogP contribution in [0.2, 0.25) is 5.02 Å². The third-order valence-electron chi connectivity index (χ3n) is 6.72. The second-order valence-corrected chi connectivity index (χ2v) is 8.77. The molecule has 4 fully saturated rings. The average molecular weight is 396 g/mol. The van der Waals surface area contributed by atoms with Crippen LogP contribution in [0, 0.1) is 23.7 Å². The molecule has 0 amide bonds. The summed E-state index contributed by atoms with van der Waals surface area (Å²) in [6.45, 7) is 1.23. The van der Waals surface area contributed by atoms with Gasteiger partial charge in [-0.2, -0.15) is 5.10 Å². The van der Waals surface area contributed by atoms with E-state index in [2.05, 4.69) is 10.4 Å². The van der Waals surface area contributed by atoms with E-state index in [0.717, 1.165) is 25.7 Å². The van der Waals surface area contributed by atoms with Crippen molar-refractivity contribution in [1.82, 2.24) is 9.78 Å². The van der Waals surface area contributed by atoms with E-state index in [1.54, 1.807) is 13.3 Å². The number of nitrogens with one attached hydrogen (secondary N) is 1. The number of hydrogen-bond acceptors (Lipinski definition) is 5. The number of carboxylic acid groups (broad SMARTS) is 1. The highest BCUT2D eigenvalue weighted by Gasteiger charge is 2.61. The molecule has 7 nitrogen and oxygen atoms in total. The Bertz CT molecular complexity index is 782. The summed E-state index contributed by atoms with van der Waals surface area (Å²) in [6, 6.07) is 0. The number of carboxylic acids is 1. The van der Waals surface area contributed by atoms with Crippen LogP contribution in [0.25, 0.3) is 0 Å². The predicted octanol–water partition coefficient (Wildman–Crippen LogP) is 2.58. The van der Waals surface area contributed by atoms with Crippen molar-refractivity contribution in [2.24, 2.45) is 23.7 Å². The Morgan fingerprint density at radius 2 is 2.11 bits per heavy atom. The number of nitrogens with zero attached hydrogens (tertiary/aromatic N) is 2. The van der Waals surface area contributed by atoms with E-state index in [1.807, 2.05) is 0 Å². The quantitative estimate of drug-likeness (QED) is 0.689. The van der Waals surface area contributed by atoms with Crippen LogP contribution < -0.4 is 10.9 Å². The van der Waals surface area contributed by atoms with Gasteiger partial charge in [0.25, 0.3) is 5.56 Å². The summed E-state index contributed by atoms with van der Waals surface area (Å²) < 4.78 is 6.43. The number of anilines is 1. The van der Waals surface area contributed by atoms with Crippen LogP contribution in [0.3, 0.4) is 0 Å². The molecule has 8 heteroatoms. The van der Waals surface area contributed by atoms with Gasteiger partial charge in [0.2, 0.25) is 0 Å². The number of hydrogen-bond donors (Lipinski definition) is 2. The Kier molecular flexibility index (Phi) is 4.93. The molecule has 5 atom stereocenters. The Hall–Kier alpha value is -1.60. The van der Waals surface area contributed by atoms with Gasteiger partial charge in [-0.05, 0) is 56.3 Å². The lowest BCUT2D eigenvalue weighted by molar-refractivity contribution is -0.168. The van der Waals surface area contributed by atoms with Gasteiger partial charge in [-0.25, -0.2) is 4.68 Å². The van der Waals surface area contributed by atoms with Gasteiger partial charge in [-0.3, -0.25) is 9.59 Å². The number of rotatable bonds is 7. The first-order chi connectivity index (χ1) is 13.0. The van der Waals surface area contributed by atoms with Gasteiger partial charge in [0.1, 0.15) is 5.02 Å². The molecule has 0 spiro atoms. The molecule has 0 saturated heterocycles. The number of halogens is 1. The number of methoxy groups -OCH3 is 1. The van der Waals surface area contributed by atoms with E-state index in [4.69, 9.17) is 16.3 Å². The maximum Gasteiger partial charge on any atom is 0.309 e. The van der Waals surface area contributed by atoms with Gasteiger partial charge in [0.05, 0.1) is 23.3 Å². The van der Waals surface area contributed by atoms with Crippen molar-refractivity contribution in [3.05, 3.63) is 21.6 Å². The van der Waals surface area contributed by atoms with Crippen molar-refractivity contribution in [3.8, 4) is 0 Å². The lowest BCUT2D eigenvalue weighted by Gasteiger charge is -2.59. The molecule has 148 valence electrons. The fraction of sp³-hybridized carbons (Fsp3) is 0.737. The molecule has 2 unspecified atom stereocenters. The van der Waals surface area contributed by atoms with Crippen molar-refractivity contribution >= 4 is 23.3 Å². The van der Waals surface area contributed by atoms with E-state index in [-0.39, 0.29) is 16.5 Å².